The van der Waals surface area contributed by atoms with Gasteiger partial charge in [-0.25, -0.2) is 8.78 Å². The highest BCUT2D eigenvalue weighted by Gasteiger charge is 2.08. The quantitative estimate of drug-likeness (QED) is 0.830. The molecule has 0 radical (unpaired) electrons. The van der Waals surface area contributed by atoms with E-state index in [4.69, 9.17) is 0 Å². The van der Waals surface area contributed by atoms with Gasteiger partial charge >= 0.3 is 0 Å². The predicted molar refractivity (Wildman–Crippen MR) is 71.2 cm³/mol. The second-order valence-corrected chi connectivity index (χ2v) is 4.49. The maximum Gasteiger partial charge on any atom is 0.251 e. The minimum atomic E-state index is -0.551. The van der Waals surface area contributed by atoms with E-state index in [1.807, 2.05) is 0 Å². The molecular weight excluding hydrogens is 268 g/mol. The summed E-state index contributed by atoms with van der Waals surface area (Å²) in [7, 11) is 0. The first-order valence-electron chi connectivity index (χ1n) is 5.57. The largest absolute Gasteiger partial charge is 0.348 e. The molecule has 0 saturated heterocycles. The molecule has 1 amide bonds. The van der Waals surface area contributed by atoms with Crippen LogP contribution in [0.5, 0.6) is 0 Å². The van der Waals surface area contributed by atoms with Crippen molar-refractivity contribution in [2.45, 2.75) is 11.4 Å². The van der Waals surface area contributed by atoms with Crippen molar-refractivity contribution in [3.63, 3.8) is 0 Å². The van der Waals surface area contributed by atoms with E-state index in [1.165, 1.54) is 0 Å². The van der Waals surface area contributed by atoms with Gasteiger partial charge in [0, 0.05) is 22.6 Å². The number of carbonyl (C=O) groups excluding carboxylic acids is 1. The van der Waals surface area contributed by atoms with Crippen LogP contribution < -0.4 is 5.32 Å². The number of hydrogen-bond donors (Lipinski definition) is 2. The molecule has 2 aromatic carbocycles. The summed E-state index contributed by atoms with van der Waals surface area (Å²) in [5, 5.41) is 2.53. The summed E-state index contributed by atoms with van der Waals surface area (Å²) in [6.07, 6.45) is 0. The number of amides is 1. The standard InChI is InChI=1S/C14H11F2NOS/c15-11-4-5-13(16)10(6-11)8-17-14(18)9-2-1-3-12(19)7-9/h1-7,19H,8H2,(H,17,18). The van der Waals surface area contributed by atoms with Crippen LogP contribution in [0.3, 0.4) is 0 Å². The van der Waals surface area contributed by atoms with Gasteiger partial charge in [-0.3, -0.25) is 4.79 Å². The van der Waals surface area contributed by atoms with Crippen molar-refractivity contribution in [3.8, 4) is 0 Å². The van der Waals surface area contributed by atoms with Gasteiger partial charge < -0.3 is 5.32 Å². The lowest BCUT2D eigenvalue weighted by atomic mass is 10.2. The molecule has 0 aliphatic carbocycles. The molecule has 0 aliphatic rings. The first-order chi connectivity index (χ1) is 9.06. The number of benzene rings is 2. The summed E-state index contributed by atoms with van der Waals surface area (Å²) < 4.78 is 26.3. The van der Waals surface area contributed by atoms with Gasteiger partial charge in [-0.15, -0.1) is 12.6 Å². The van der Waals surface area contributed by atoms with Crippen LogP contribution in [0, 0.1) is 11.6 Å². The van der Waals surface area contributed by atoms with Crippen LogP contribution in [0.25, 0.3) is 0 Å². The van der Waals surface area contributed by atoms with E-state index in [2.05, 4.69) is 17.9 Å². The molecule has 0 aliphatic heterocycles. The second-order valence-electron chi connectivity index (χ2n) is 3.97. The first kappa shape index (κ1) is 13.5. The number of carbonyl (C=O) groups is 1. The Kier molecular flexibility index (Phi) is 4.16. The van der Waals surface area contributed by atoms with Gasteiger partial charge in [0.1, 0.15) is 11.6 Å². The molecule has 0 aromatic heterocycles. The third kappa shape index (κ3) is 3.54. The van der Waals surface area contributed by atoms with Crippen molar-refractivity contribution in [2.24, 2.45) is 0 Å². The number of halogens is 2. The summed E-state index contributed by atoms with van der Waals surface area (Å²) in [4.78, 5) is 12.5. The molecule has 0 unspecified atom stereocenters. The van der Waals surface area contributed by atoms with Crippen molar-refractivity contribution >= 4 is 18.5 Å². The Morgan fingerprint density at radius 3 is 2.68 bits per heavy atom. The molecule has 0 heterocycles. The van der Waals surface area contributed by atoms with Crippen LogP contribution in [-0.4, -0.2) is 5.91 Å². The van der Waals surface area contributed by atoms with Gasteiger partial charge in [-0.1, -0.05) is 6.07 Å². The van der Waals surface area contributed by atoms with Gasteiger partial charge in [0.05, 0.1) is 0 Å². The van der Waals surface area contributed by atoms with E-state index in [9.17, 15) is 13.6 Å². The highest BCUT2D eigenvalue weighted by Crippen LogP contribution is 2.11. The molecule has 2 aromatic rings. The van der Waals surface area contributed by atoms with Gasteiger partial charge in [0.2, 0.25) is 0 Å². The second kappa shape index (κ2) is 5.84. The van der Waals surface area contributed by atoms with E-state index in [0.29, 0.717) is 10.5 Å². The van der Waals surface area contributed by atoms with Crippen molar-refractivity contribution < 1.29 is 13.6 Å². The first-order valence-corrected chi connectivity index (χ1v) is 6.02. The van der Waals surface area contributed by atoms with Crippen molar-refractivity contribution in [2.75, 3.05) is 0 Å². The zero-order valence-electron chi connectivity index (χ0n) is 9.86. The molecule has 5 heteroatoms. The Morgan fingerprint density at radius 2 is 1.95 bits per heavy atom. The monoisotopic (exact) mass is 279 g/mol. The Bertz CT molecular complexity index is 616. The van der Waals surface area contributed by atoms with Gasteiger partial charge in [-0.05, 0) is 36.4 Å². The van der Waals surface area contributed by atoms with Crippen LogP contribution in [0.1, 0.15) is 15.9 Å². The maximum absolute atomic E-state index is 13.4. The number of rotatable bonds is 3. The minimum absolute atomic E-state index is 0.0702. The van der Waals surface area contributed by atoms with Crippen LogP contribution in [0.2, 0.25) is 0 Å². The molecule has 0 saturated carbocycles. The van der Waals surface area contributed by atoms with Crippen LogP contribution >= 0.6 is 12.6 Å². The number of thiol groups is 1. The highest BCUT2D eigenvalue weighted by molar-refractivity contribution is 7.80. The summed E-state index contributed by atoms with van der Waals surface area (Å²) >= 11 is 4.13. The SMILES string of the molecule is O=C(NCc1cc(F)ccc1F)c1cccc(S)c1. The fourth-order valence-corrected chi connectivity index (χ4v) is 1.83. The van der Waals surface area contributed by atoms with Crippen LogP contribution in [-0.2, 0) is 6.54 Å². The normalized spacial score (nSPS) is 10.3. The molecule has 2 rings (SSSR count). The topological polar surface area (TPSA) is 29.1 Å². The molecule has 19 heavy (non-hydrogen) atoms. The minimum Gasteiger partial charge on any atom is -0.348 e. The molecule has 0 bridgehead atoms. The van der Waals surface area contributed by atoms with Crippen LogP contribution in [0.15, 0.2) is 47.4 Å². The van der Waals surface area contributed by atoms with Crippen LogP contribution in [0.4, 0.5) is 8.78 Å². The fourth-order valence-electron chi connectivity index (χ4n) is 1.60. The number of hydrogen-bond acceptors (Lipinski definition) is 2. The highest BCUT2D eigenvalue weighted by atomic mass is 32.1. The zero-order valence-corrected chi connectivity index (χ0v) is 10.8. The fraction of sp³-hybridized carbons (Fsp3) is 0.0714. The molecule has 0 spiro atoms. The van der Waals surface area contributed by atoms with E-state index < -0.39 is 11.6 Å². The Labute approximate surface area is 114 Å². The average Bonchev–Trinajstić information content (AvgIpc) is 2.39. The van der Waals surface area contributed by atoms with Gasteiger partial charge in [0.15, 0.2) is 0 Å². The van der Waals surface area contributed by atoms with E-state index in [1.54, 1.807) is 24.3 Å². The maximum atomic E-state index is 13.4. The summed E-state index contributed by atoms with van der Waals surface area (Å²) in [5.41, 5.74) is 0.527. The van der Waals surface area contributed by atoms with Crippen molar-refractivity contribution in [1.29, 1.82) is 0 Å². The Hall–Kier alpha value is -1.88. The lowest BCUT2D eigenvalue weighted by Gasteiger charge is -2.07. The third-order valence-electron chi connectivity index (χ3n) is 2.56. The lowest BCUT2D eigenvalue weighted by molar-refractivity contribution is 0.0950. The predicted octanol–water partition coefficient (Wildman–Crippen LogP) is 3.18. The molecule has 2 nitrogen and oxygen atoms in total. The number of nitrogens with one attached hydrogen (secondary N) is 1. The Morgan fingerprint density at radius 1 is 1.16 bits per heavy atom. The lowest BCUT2D eigenvalue weighted by Crippen LogP contribution is -2.23. The summed E-state index contributed by atoms with van der Waals surface area (Å²) in [5.74, 6) is -1.45. The molecule has 0 atom stereocenters. The summed E-state index contributed by atoms with van der Waals surface area (Å²) in [6.45, 7) is -0.0702. The molecule has 0 fully saturated rings. The Balaban J connectivity index is 2.06. The molecular formula is C14H11F2NOS. The van der Waals surface area contributed by atoms with Gasteiger partial charge in [-0.2, -0.15) is 0 Å². The average molecular weight is 279 g/mol. The zero-order chi connectivity index (χ0) is 13.8. The van der Waals surface area contributed by atoms with Gasteiger partial charge in [0.25, 0.3) is 5.91 Å². The third-order valence-corrected chi connectivity index (χ3v) is 2.83. The van der Waals surface area contributed by atoms with E-state index >= 15 is 0 Å². The summed E-state index contributed by atoms with van der Waals surface area (Å²) in [6, 6.07) is 9.78. The van der Waals surface area contributed by atoms with E-state index in [0.717, 1.165) is 18.2 Å². The van der Waals surface area contributed by atoms with Crippen molar-refractivity contribution in [3.05, 3.63) is 65.2 Å². The van der Waals surface area contributed by atoms with E-state index in [-0.39, 0.29) is 18.0 Å². The molecule has 1 N–H and O–H groups in total. The van der Waals surface area contributed by atoms with Crippen molar-refractivity contribution in [1.82, 2.24) is 5.32 Å². The molecule has 98 valence electrons. The smallest absolute Gasteiger partial charge is 0.251 e.